The molecule has 9 aromatic carbocycles. The van der Waals surface area contributed by atoms with Crippen molar-refractivity contribution in [1.82, 2.24) is 35.5 Å². The maximum absolute atomic E-state index is 17.7. The van der Waals surface area contributed by atoms with E-state index in [0.717, 1.165) is 42.5 Å². The number of hydrogen-bond acceptors (Lipinski definition) is 4. The highest BCUT2D eigenvalue weighted by Gasteiger charge is 2.51. The minimum atomic E-state index is -3.53. The first-order chi connectivity index (χ1) is 67.2. The van der Waals surface area contributed by atoms with Crippen molar-refractivity contribution in [2.24, 2.45) is 0 Å². The second-order valence-electron chi connectivity index (χ2n) is 32.1. The van der Waals surface area contributed by atoms with E-state index in [1.165, 1.54) is 0 Å². The van der Waals surface area contributed by atoms with Crippen LogP contribution in [0.1, 0.15) is 114 Å². The number of rotatable bonds is 8. The van der Waals surface area contributed by atoms with Crippen LogP contribution in [-0.4, -0.2) is 43.7 Å². The van der Waals surface area contributed by atoms with Gasteiger partial charge in [0.05, 0.1) is 64.1 Å². The smallest absolute Gasteiger partial charge is 0.200 e. The van der Waals surface area contributed by atoms with Gasteiger partial charge in [-0.1, -0.05) is 48.6 Å². The van der Waals surface area contributed by atoms with Gasteiger partial charge in [-0.3, -0.25) is 0 Å². The summed E-state index contributed by atoms with van der Waals surface area (Å²) in [7, 11) is 0. The number of anilines is 1. The number of nitrogens with zero attached hydrogens (tertiary/aromatic N) is 2. The molecule has 4 aromatic heterocycles. The van der Waals surface area contributed by atoms with Gasteiger partial charge >= 0.3 is 0 Å². The van der Waals surface area contributed by atoms with E-state index in [4.69, 9.17) is 0 Å². The largest absolute Gasteiger partial charge is 0.378 e. The lowest BCUT2D eigenvalue weighted by Crippen LogP contribution is -2.44. The van der Waals surface area contributed by atoms with Crippen LogP contribution in [0.4, 0.5) is 181 Å². The van der Waals surface area contributed by atoms with Gasteiger partial charge in [0.2, 0.25) is 46.5 Å². The van der Waals surface area contributed by atoms with Crippen LogP contribution in [0, 0.1) is 233 Å². The molecule has 6 N–H and O–H groups in total. The highest BCUT2D eigenvalue weighted by molar-refractivity contribution is 5.90. The normalized spacial score (nSPS) is 20.3. The summed E-state index contributed by atoms with van der Waals surface area (Å²) >= 11 is 0. The van der Waals surface area contributed by atoms with E-state index in [9.17, 15) is 0 Å². The molecule has 20 rings (SSSR count). The summed E-state index contributed by atoms with van der Waals surface area (Å²) in [6.45, 7) is 0. The average Bonchev–Trinajstić information content (AvgIpc) is 1.54. The molecule has 0 saturated heterocycles. The minimum absolute atomic E-state index is 0.0159. The van der Waals surface area contributed by atoms with E-state index < -0.39 is 432 Å². The molecule has 13 aromatic rings. The Morgan fingerprint density at radius 2 is 0.507 bits per heavy atom. The van der Waals surface area contributed by atoms with Gasteiger partial charge in [-0.05, 0) is 84.0 Å². The first-order valence-electron chi connectivity index (χ1n) is 40.0. The fraction of sp³-hybridized carbons (Fsp3) is 0.0851. The molecule has 730 valence electrons. The van der Waals surface area contributed by atoms with Crippen molar-refractivity contribution < 1.29 is 176 Å². The van der Waals surface area contributed by atoms with Crippen molar-refractivity contribution in [3.05, 3.63) is 467 Å². The van der Waals surface area contributed by atoms with Gasteiger partial charge in [0.25, 0.3) is 0 Å². The lowest BCUT2D eigenvalue weighted by molar-refractivity contribution is 0.350. The highest BCUT2D eigenvalue weighted by Crippen LogP contribution is 2.54. The van der Waals surface area contributed by atoms with Gasteiger partial charge in [0, 0.05) is 108 Å². The highest BCUT2D eigenvalue weighted by atomic mass is 19.2. The van der Waals surface area contributed by atoms with Crippen molar-refractivity contribution >= 4 is 28.0 Å². The van der Waals surface area contributed by atoms with Crippen LogP contribution >= 0.6 is 0 Å². The van der Waals surface area contributed by atoms with Crippen molar-refractivity contribution in [3.63, 3.8) is 0 Å². The first kappa shape index (κ1) is 95.3. The fourth-order valence-electron chi connectivity index (χ4n) is 18.5. The summed E-state index contributed by atoms with van der Waals surface area (Å²) in [4.78, 5) is 6.33. The van der Waals surface area contributed by atoms with E-state index in [0.29, 0.717) is 48.6 Å². The van der Waals surface area contributed by atoms with Crippen molar-refractivity contribution in [3.8, 4) is 5.69 Å². The lowest BCUT2D eigenvalue weighted by atomic mass is 9.83. The molecule has 11 heterocycles. The summed E-state index contributed by atoms with van der Waals surface area (Å²) in [5.41, 5.74) is -42.4. The van der Waals surface area contributed by atoms with Crippen molar-refractivity contribution in [2.45, 2.75) is 47.8 Å². The number of halogens is 40. The molecule has 7 aliphatic rings. The fourth-order valence-corrected chi connectivity index (χ4v) is 18.5. The van der Waals surface area contributed by atoms with E-state index >= 15 is 176 Å². The molecule has 0 amide bonds. The van der Waals surface area contributed by atoms with Gasteiger partial charge in [0.1, 0.15) is 11.4 Å². The predicted molar refractivity (Wildman–Crippen MR) is 413 cm³/mol. The second kappa shape index (κ2) is 34.2. The van der Waals surface area contributed by atoms with Crippen LogP contribution in [0.2, 0.25) is 0 Å². The van der Waals surface area contributed by atoms with E-state index in [2.05, 4.69) is 30.9 Å². The Hall–Kier alpha value is -15.6. The summed E-state index contributed by atoms with van der Waals surface area (Å²) in [5.74, 6) is -134. The van der Waals surface area contributed by atoms with Gasteiger partial charge in [-0.25, -0.2) is 176 Å². The molecular weight excluding hydrogens is 2000 g/mol. The van der Waals surface area contributed by atoms with Gasteiger partial charge in [-0.2, -0.15) is 0 Å². The third-order valence-corrected chi connectivity index (χ3v) is 24.7. The molecule has 8 atom stereocenters. The molecule has 0 fully saturated rings. The molecule has 142 heavy (non-hydrogen) atoms. The zero-order chi connectivity index (χ0) is 102. The van der Waals surface area contributed by atoms with E-state index in [1.807, 2.05) is 0 Å². The van der Waals surface area contributed by atoms with Crippen molar-refractivity contribution in [2.75, 3.05) is 4.90 Å². The maximum Gasteiger partial charge on any atom is 0.200 e. The van der Waals surface area contributed by atoms with Crippen LogP contribution in [0.3, 0.4) is 0 Å². The van der Waals surface area contributed by atoms with E-state index in [1.54, 1.807) is 0 Å². The topological polar surface area (TPSA) is 91.6 Å². The number of hydrogen-bond donors (Lipinski definition) is 6. The van der Waals surface area contributed by atoms with E-state index in [-0.39, 0.29) is 34.9 Å². The SMILES string of the molecule is Fc1c(F)c(F)c(C2=C3C=CC(N3)C(c3c(F)c(F)c(F)c(F)c3F)C3C=C/C(=C(\c4c(F)c(F)c(F)c(F)c4F)c4ccc([nH]4)C(c4c(F)c(F)c(F)c(F)c4F)c4ccc([nH]4)/C4=C5\C=CC(N5)C(c5c(F)c(F)c(F)c(F)c5F)C5C=C/C(=C(\c6c(F)c(F)c(F)c(F)c6F)c6ccc(n6-c6c(F)c(F)c(F)c(F)c6F)C(c6ccc4cc6)c4ccc2[nH]4)N5)N3c2c(F)c(F)c(F)c(F)c2F)c(F)c1F. The number of aromatic nitrogens is 4. The number of allylic oxidation sites excluding steroid dienone is 4. The first-order valence-corrected chi connectivity index (χ1v) is 40.0. The Morgan fingerprint density at radius 3 is 0.894 bits per heavy atom. The standard InChI is InChI=1S/C94H34F40N8/c95-53-47(54(96)66(108)77(119)65(53)107)41-26-8-5-23(135-26)39-21-1-3-22(4-2-21)40(35-17-18-36(141(35)93-89(131)85(127)83(125)86(128)90(93)132)44(32-14-11-29(41)138-32)50-59(101)71(113)80(122)72(114)60(50)102)25-7-10-28(137-25)43(49-57(99)69(111)79(121)70(112)58(49)100)31-13-16-34(140-31)46(52-63(105)75(117)82(124)76(118)64(52)106)38-20-19-37(142(38)94-91(133)87(129)84(126)88(130)92(94)134)45(51-61(103)73(115)81(123)74(116)62(51)104)33-15-12-30(139-33)42(27-9-6-24(39)136-27)48-55(97)67(109)78(120)68(110)56(48)98/h1-20,26,29,34,38,40-42,46,135-140H/b39-23+,43-31?,44-32+,45-37+. The quantitative estimate of drug-likeness (QED) is 0.0520. The van der Waals surface area contributed by atoms with Crippen LogP contribution in [0.5, 0.6) is 0 Å². The zero-order valence-corrected chi connectivity index (χ0v) is 68.2. The summed E-state index contributed by atoms with van der Waals surface area (Å²) in [5, 5.41) is 7.09. The molecule has 0 spiro atoms. The Labute approximate surface area is 761 Å². The number of nitrogens with one attached hydrogen (secondary N) is 6. The van der Waals surface area contributed by atoms with Crippen LogP contribution in [-0.2, 0) is 0 Å². The summed E-state index contributed by atoms with van der Waals surface area (Å²) in [6, 6.07) is -4.44. The number of fused-ring (bicyclic) bond motifs is 11. The van der Waals surface area contributed by atoms with Crippen LogP contribution < -0.4 is 20.9 Å². The molecule has 8 nitrogen and oxygen atoms in total. The molecule has 8 unspecified atom stereocenters. The molecule has 20 bridgehead atoms. The Balaban J connectivity index is 0.991. The summed E-state index contributed by atoms with van der Waals surface area (Å²) < 4.78 is 664. The molecular formula is C94H34F40N8. The molecule has 7 aliphatic heterocycles. The average molecular weight is 2040 g/mol. The third kappa shape index (κ3) is 13.8. The molecule has 0 aliphatic carbocycles. The Kier molecular flexibility index (Phi) is 22.9. The van der Waals surface area contributed by atoms with Crippen LogP contribution in [0.15, 0.2) is 144 Å². The number of benzene rings is 9. The third-order valence-electron chi connectivity index (χ3n) is 24.7. The van der Waals surface area contributed by atoms with Gasteiger partial charge in [0.15, 0.2) is 186 Å². The molecule has 0 saturated carbocycles. The minimum Gasteiger partial charge on any atom is -0.378 e. The lowest BCUT2D eigenvalue weighted by Gasteiger charge is -2.38. The Bertz CT molecular complexity index is 7850. The zero-order valence-electron chi connectivity index (χ0n) is 68.2. The van der Waals surface area contributed by atoms with Gasteiger partial charge < -0.3 is 40.4 Å². The van der Waals surface area contributed by atoms with Crippen LogP contribution in [0.25, 0.3) is 28.0 Å². The monoisotopic (exact) mass is 2030 g/mol. The predicted octanol–water partition coefficient (Wildman–Crippen LogP) is 25.0. The Morgan fingerprint density at radius 1 is 0.218 bits per heavy atom. The molecule has 48 heteroatoms. The second-order valence-corrected chi connectivity index (χ2v) is 32.1. The number of H-pyrrole nitrogens is 3. The summed E-state index contributed by atoms with van der Waals surface area (Å²) in [6.07, 6.45) is 3.10. The van der Waals surface area contributed by atoms with Gasteiger partial charge in [-0.15, -0.1) is 0 Å². The number of aromatic amines is 3. The van der Waals surface area contributed by atoms with Crippen molar-refractivity contribution in [1.29, 1.82) is 0 Å². The molecule has 0 radical (unpaired) electrons. The maximum atomic E-state index is 17.7.